The van der Waals surface area contributed by atoms with Crippen LogP contribution in [0.2, 0.25) is 0 Å². The molecule has 4 heterocycles. The maximum absolute atomic E-state index is 12.6. The SMILES string of the molecule is Nc1[nH]c(=O)[nH]c(=O)c1-c1c(-c2ccc3c(c2)OCCO3)[nH]c2[nH]c(=O)[nH]c(=O)c12. The number of rotatable bonds is 2. The van der Waals surface area contributed by atoms with E-state index in [-0.39, 0.29) is 28.0 Å². The summed E-state index contributed by atoms with van der Waals surface area (Å²) in [6.07, 6.45) is 0. The zero-order chi connectivity index (χ0) is 21.0. The zero-order valence-electron chi connectivity index (χ0n) is 15.2. The van der Waals surface area contributed by atoms with Gasteiger partial charge in [0.1, 0.15) is 24.7 Å². The Balaban J connectivity index is 1.90. The quantitative estimate of drug-likeness (QED) is 0.259. The average molecular weight is 410 g/mol. The predicted octanol–water partition coefficient (Wildman–Crippen LogP) is -0.392. The fraction of sp³-hybridized carbons (Fsp3) is 0.111. The number of H-pyrrole nitrogens is 5. The van der Waals surface area contributed by atoms with E-state index >= 15 is 0 Å². The number of aromatic amines is 5. The molecule has 1 aliphatic heterocycles. The largest absolute Gasteiger partial charge is 0.486 e. The molecule has 1 aliphatic rings. The number of hydrogen-bond donors (Lipinski definition) is 6. The first kappa shape index (κ1) is 17.6. The van der Waals surface area contributed by atoms with E-state index in [0.29, 0.717) is 36.0 Å². The maximum Gasteiger partial charge on any atom is 0.327 e. The van der Waals surface area contributed by atoms with Crippen molar-refractivity contribution in [2.45, 2.75) is 0 Å². The molecule has 0 aliphatic carbocycles. The molecule has 1 aromatic carbocycles. The third-order valence-electron chi connectivity index (χ3n) is 4.75. The Hall–Kier alpha value is -4.48. The zero-order valence-corrected chi connectivity index (χ0v) is 15.2. The molecule has 0 saturated carbocycles. The summed E-state index contributed by atoms with van der Waals surface area (Å²) in [5.41, 5.74) is 3.84. The van der Waals surface area contributed by atoms with Crippen LogP contribution in [-0.2, 0) is 0 Å². The van der Waals surface area contributed by atoms with Crippen molar-refractivity contribution in [2.75, 3.05) is 18.9 Å². The van der Waals surface area contributed by atoms with Crippen molar-refractivity contribution in [1.82, 2.24) is 24.9 Å². The highest BCUT2D eigenvalue weighted by molar-refractivity contribution is 6.03. The fourth-order valence-electron chi connectivity index (χ4n) is 3.55. The lowest BCUT2D eigenvalue weighted by molar-refractivity contribution is 0.171. The molecule has 30 heavy (non-hydrogen) atoms. The molecule has 0 atom stereocenters. The van der Waals surface area contributed by atoms with Crippen LogP contribution in [0, 0.1) is 0 Å². The molecule has 0 spiro atoms. The summed E-state index contributed by atoms with van der Waals surface area (Å²) in [6.45, 7) is 0.791. The first-order valence-electron chi connectivity index (χ1n) is 8.83. The summed E-state index contributed by atoms with van der Waals surface area (Å²) in [6, 6.07) is 5.06. The van der Waals surface area contributed by atoms with Crippen molar-refractivity contribution in [3.05, 3.63) is 59.9 Å². The van der Waals surface area contributed by atoms with Crippen molar-refractivity contribution < 1.29 is 9.47 Å². The topological polar surface area (TPSA) is 192 Å². The summed E-state index contributed by atoms with van der Waals surface area (Å²) in [4.78, 5) is 60.5. The summed E-state index contributed by atoms with van der Waals surface area (Å²) in [5.74, 6) is 0.804. The second-order valence-corrected chi connectivity index (χ2v) is 6.59. The van der Waals surface area contributed by atoms with Crippen LogP contribution in [-0.4, -0.2) is 38.1 Å². The minimum Gasteiger partial charge on any atom is -0.486 e. The lowest BCUT2D eigenvalue weighted by Crippen LogP contribution is -2.26. The summed E-state index contributed by atoms with van der Waals surface area (Å²) in [7, 11) is 0. The van der Waals surface area contributed by atoms with Crippen LogP contribution in [0.5, 0.6) is 11.5 Å². The van der Waals surface area contributed by atoms with Gasteiger partial charge in [-0.3, -0.25) is 29.5 Å². The Morgan fingerprint density at radius 2 is 1.47 bits per heavy atom. The molecule has 0 saturated heterocycles. The van der Waals surface area contributed by atoms with Crippen LogP contribution in [0.4, 0.5) is 5.82 Å². The molecule has 0 bridgehead atoms. The van der Waals surface area contributed by atoms with Gasteiger partial charge in [0.2, 0.25) is 0 Å². The van der Waals surface area contributed by atoms with Gasteiger partial charge < -0.3 is 20.2 Å². The van der Waals surface area contributed by atoms with Crippen LogP contribution in [0.3, 0.4) is 0 Å². The predicted molar refractivity (Wildman–Crippen MR) is 107 cm³/mol. The van der Waals surface area contributed by atoms with Crippen molar-refractivity contribution in [2.24, 2.45) is 0 Å². The van der Waals surface area contributed by atoms with E-state index in [9.17, 15) is 19.2 Å². The molecular formula is C18H14N6O6. The van der Waals surface area contributed by atoms with Gasteiger partial charge in [-0.15, -0.1) is 0 Å². The molecule has 152 valence electrons. The highest BCUT2D eigenvalue weighted by Gasteiger charge is 2.24. The Bertz CT molecular complexity index is 1550. The lowest BCUT2D eigenvalue weighted by atomic mass is 10.00. The number of nitrogen functional groups attached to an aromatic ring is 1. The highest BCUT2D eigenvalue weighted by atomic mass is 16.6. The van der Waals surface area contributed by atoms with Crippen molar-refractivity contribution >= 4 is 16.9 Å². The first-order valence-corrected chi connectivity index (χ1v) is 8.83. The Morgan fingerprint density at radius 1 is 0.767 bits per heavy atom. The van der Waals surface area contributed by atoms with Gasteiger partial charge in [-0.1, -0.05) is 0 Å². The van der Waals surface area contributed by atoms with Gasteiger partial charge in [0, 0.05) is 11.1 Å². The van der Waals surface area contributed by atoms with E-state index in [1.807, 2.05) is 0 Å². The maximum atomic E-state index is 12.6. The third-order valence-corrected chi connectivity index (χ3v) is 4.75. The number of nitrogens with two attached hydrogens (primary N) is 1. The number of fused-ring (bicyclic) bond motifs is 2. The molecular weight excluding hydrogens is 396 g/mol. The van der Waals surface area contributed by atoms with Gasteiger partial charge in [0.15, 0.2) is 11.5 Å². The number of ether oxygens (including phenoxy) is 2. The standard InChI is InChI=1S/C18H14N6O6/c19-13-10(15(25)23-17(27)21-13)9-11-14(22-18(28)24-16(11)26)20-12(9)6-1-2-7-8(5-6)30-4-3-29-7/h1-2,5H,3-4H2,(H4,19,21,23,25,27)(H3,20,22,24,26,28). The van der Waals surface area contributed by atoms with E-state index in [0.717, 1.165) is 0 Å². The van der Waals surface area contributed by atoms with Crippen LogP contribution in [0.25, 0.3) is 33.4 Å². The fourth-order valence-corrected chi connectivity index (χ4v) is 3.55. The molecule has 0 radical (unpaired) electrons. The van der Waals surface area contributed by atoms with E-state index in [1.165, 1.54) is 0 Å². The van der Waals surface area contributed by atoms with Crippen LogP contribution >= 0.6 is 0 Å². The second-order valence-electron chi connectivity index (χ2n) is 6.59. The van der Waals surface area contributed by atoms with E-state index in [2.05, 4.69) is 24.9 Å². The van der Waals surface area contributed by atoms with Crippen LogP contribution < -0.4 is 37.7 Å². The Kier molecular flexibility index (Phi) is 3.68. The average Bonchev–Trinajstić information content (AvgIpc) is 3.06. The first-order chi connectivity index (χ1) is 14.4. The molecule has 3 aromatic heterocycles. The van der Waals surface area contributed by atoms with Crippen molar-refractivity contribution in [3.8, 4) is 33.9 Å². The number of aromatic nitrogens is 5. The summed E-state index contributed by atoms with van der Waals surface area (Å²) < 4.78 is 11.1. The van der Waals surface area contributed by atoms with Crippen LogP contribution in [0.1, 0.15) is 0 Å². The minimum absolute atomic E-state index is 0.00346. The van der Waals surface area contributed by atoms with Gasteiger partial charge in [-0.25, -0.2) is 9.59 Å². The van der Waals surface area contributed by atoms with Crippen molar-refractivity contribution in [3.63, 3.8) is 0 Å². The normalized spacial score (nSPS) is 12.9. The number of benzene rings is 1. The summed E-state index contributed by atoms with van der Waals surface area (Å²) in [5, 5.41) is 0.00346. The number of hydrogen-bond acceptors (Lipinski definition) is 7. The Labute approximate surface area is 164 Å². The van der Waals surface area contributed by atoms with Gasteiger partial charge >= 0.3 is 11.4 Å². The highest BCUT2D eigenvalue weighted by Crippen LogP contribution is 2.40. The van der Waals surface area contributed by atoms with Crippen LogP contribution in [0.15, 0.2) is 37.4 Å². The lowest BCUT2D eigenvalue weighted by Gasteiger charge is -2.19. The number of anilines is 1. The second kappa shape index (κ2) is 6.27. The molecule has 0 fully saturated rings. The molecule has 7 N–H and O–H groups in total. The van der Waals surface area contributed by atoms with Gasteiger partial charge in [-0.05, 0) is 18.2 Å². The van der Waals surface area contributed by atoms with E-state index in [1.54, 1.807) is 18.2 Å². The molecule has 5 rings (SSSR count). The van der Waals surface area contributed by atoms with E-state index < -0.39 is 22.5 Å². The summed E-state index contributed by atoms with van der Waals surface area (Å²) >= 11 is 0. The molecule has 12 heteroatoms. The van der Waals surface area contributed by atoms with Gasteiger partial charge in [0.05, 0.1) is 16.6 Å². The van der Waals surface area contributed by atoms with Gasteiger partial charge in [-0.2, -0.15) is 0 Å². The molecule has 12 nitrogen and oxygen atoms in total. The van der Waals surface area contributed by atoms with Crippen molar-refractivity contribution in [1.29, 1.82) is 0 Å². The monoisotopic (exact) mass is 410 g/mol. The minimum atomic E-state index is -0.790. The number of nitrogens with one attached hydrogen (secondary N) is 5. The van der Waals surface area contributed by atoms with Gasteiger partial charge in [0.25, 0.3) is 11.1 Å². The third kappa shape index (κ3) is 2.62. The smallest absolute Gasteiger partial charge is 0.327 e. The molecule has 0 amide bonds. The molecule has 0 unspecified atom stereocenters. The van der Waals surface area contributed by atoms with E-state index in [4.69, 9.17) is 15.2 Å². The Morgan fingerprint density at radius 3 is 2.23 bits per heavy atom. The molecule has 4 aromatic rings.